The molecule has 0 aliphatic carbocycles. The Morgan fingerprint density at radius 2 is 2.11 bits per heavy atom. The third-order valence-electron chi connectivity index (χ3n) is 2.69. The van der Waals surface area contributed by atoms with E-state index in [4.69, 9.17) is 0 Å². The van der Waals surface area contributed by atoms with Crippen LogP contribution in [0.25, 0.3) is 0 Å². The fraction of sp³-hybridized carbons (Fsp3) is 0.417. The molecule has 102 valence electrons. The van der Waals surface area contributed by atoms with Gasteiger partial charge in [0.25, 0.3) is 6.43 Å². The number of hydrogen-bond donors (Lipinski definition) is 1. The lowest BCUT2D eigenvalue weighted by Crippen LogP contribution is -2.20. The molecule has 2 rings (SSSR count). The van der Waals surface area contributed by atoms with Gasteiger partial charge >= 0.3 is 0 Å². The predicted octanol–water partition coefficient (Wildman–Crippen LogP) is 2.00. The van der Waals surface area contributed by atoms with E-state index in [1.165, 1.54) is 12.3 Å². The summed E-state index contributed by atoms with van der Waals surface area (Å²) in [6.07, 6.45) is 0.348. The van der Waals surface area contributed by atoms with Gasteiger partial charge in [-0.2, -0.15) is 5.10 Å². The molecule has 0 bridgehead atoms. The molecule has 0 fully saturated rings. The molecule has 7 heteroatoms. The molecule has 1 unspecified atom stereocenters. The fourth-order valence-electron chi connectivity index (χ4n) is 1.57. The predicted molar refractivity (Wildman–Crippen MR) is 65.5 cm³/mol. The van der Waals surface area contributed by atoms with Gasteiger partial charge in [-0.15, -0.1) is 0 Å². The van der Waals surface area contributed by atoms with Gasteiger partial charge in [-0.05, 0) is 19.1 Å². The largest absolute Gasteiger partial charge is 0.302 e. The van der Waals surface area contributed by atoms with Crippen molar-refractivity contribution in [2.75, 3.05) is 0 Å². The van der Waals surface area contributed by atoms with Crippen molar-refractivity contribution in [2.24, 2.45) is 7.05 Å². The third-order valence-corrected chi connectivity index (χ3v) is 2.69. The molecule has 0 amide bonds. The van der Waals surface area contributed by atoms with E-state index in [9.17, 15) is 8.78 Å². The molecule has 1 N–H and O–H groups in total. The quantitative estimate of drug-likeness (QED) is 0.900. The summed E-state index contributed by atoms with van der Waals surface area (Å²) in [5, 5.41) is 7.37. The number of aryl methyl sites for hydroxylation is 1. The number of rotatable bonds is 5. The number of aromatic nitrogens is 4. The van der Waals surface area contributed by atoms with Crippen LogP contribution >= 0.6 is 0 Å². The van der Waals surface area contributed by atoms with Crippen LogP contribution < -0.4 is 5.32 Å². The van der Waals surface area contributed by atoms with Gasteiger partial charge in [-0.25, -0.2) is 13.8 Å². The Bertz CT molecular complexity index is 523. The molecule has 19 heavy (non-hydrogen) atoms. The molecule has 0 spiro atoms. The van der Waals surface area contributed by atoms with Crippen LogP contribution in [0, 0.1) is 0 Å². The van der Waals surface area contributed by atoms with Crippen LogP contribution in [0.15, 0.2) is 24.7 Å². The smallest absolute Gasteiger partial charge is 0.265 e. The van der Waals surface area contributed by atoms with Crippen molar-refractivity contribution in [3.8, 4) is 0 Å². The van der Waals surface area contributed by atoms with Crippen LogP contribution in [0.4, 0.5) is 8.78 Å². The molecule has 0 aliphatic heterocycles. The van der Waals surface area contributed by atoms with E-state index < -0.39 is 6.43 Å². The summed E-state index contributed by atoms with van der Waals surface area (Å²) in [6.45, 7) is 2.41. The Morgan fingerprint density at radius 1 is 1.32 bits per heavy atom. The first kappa shape index (κ1) is 13.5. The Hall–Kier alpha value is -1.89. The Kier molecular flexibility index (Phi) is 4.16. The van der Waals surface area contributed by atoms with E-state index in [0.717, 1.165) is 0 Å². The molecule has 2 aromatic rings. The Morgan fingerprint density at radius 3 is 2.63 bits per heavy atom. The van der Waals surface area contributed by atoms with E-state index in [1.54, 1.807) is 24.1 Å². The standard InChI is InChI=1S/C12H15F2N5/c1-8(12-17-7-19(2)18-12)15-6-10-4-3-9(5-16-10)11(13)14/h3-5,7-8,11,15H,6H2,1-2H3. The molecule has 1 atom stereocenters. The topological polar surface area (TPSA) is 55.6 Å². The average molecular weight is 267 g/mol. The maximum Gasteiger partial charge on any atom is 0.265 e. The van der Waals surface area contributed by atoms with Gasteiger partial charge in [0.15, 0.2) is 5.82 Å². The highest BCUT2D eigenvalue weighted by Gasteiger charge is 2.10. The van der Waals surface area contributed by atoms with Gasteiger partial charge in [0.2, 0.25) is 0 Å². The normalized spacial score (nSPS) is 12.9. The summed E-state index contributed by atoms with van der Waals surface area (Å²) in [6, 6.07) is 2.95. The number of alkyl halides is 2. The summed E-state index contributed by atoms with van der Waals surface area (Å²) in [5.41, 5.74) is 0.635. The monoisotopic (exact) mass is 267 g/mol. The summed E-state index contributed by atoms with van der Waals surface area (Å²) in [4.78, 5) is 8.12. The van der Waals surface area contributed by atoms with E-state index in [0.29, 0.717) is 18.1 Å². The zero-order valence-electron chi connectivity index (χ0n) is 10.7. The van der Waals surface area contributed by atoms with Crippen LogP contribution in [0.2, 0.25) is 0 Å². The maximum atomic E-state index is 12.4. The zero-order chi connectivity index (χ0) is 13.8. The summed E-state index contributed by atoms with van der Waals surface area (Å²) >= 11 is 0. The van der Waals surface area contributed by atoms with Gasteiger partial charge < -0.3 is 5.32 Å². The van der Waals surface area contributed by atoms with Crippen LogP contribution in [-0.4, -0.2) is 19.7 Å². The minimum atomic E-state index is -2.48. The first-order valence-corrected chi connectivity index (χ1v) is 5.88. The van der Waals surface area contributed by atoms with Crippen molar-refractivity contribution in [2.45, 2.75) is 25.9 Å². The van der Waals surface area contributed by atoms with Gasteiger partial charge in [0.1, 0.15) is 6.33 Å². The van der Waals surface area contributed by atoms with Crippen molar-refractivity contribution in [1.82, 2.24) is 25.1 Å². The second-order valence-corrected chi connectivity index (χ2v) is 4.26. The molecule has 0 saturated carbocycles. The molecule has 5 nitrogen and oxygen atoms in total. The number of pyridine rings is 1. The van der Waals surface area contributed by atoms with Crippen molar-refractivity contribution in [1.29, 1.82) is 0 Å². The second kappa shape index (κ2) is 5.83. The lowest BCUT2D eigenvalue weighted by molar-refractivity contribution is 0.151. The molecule has 0 aliphatic rings. The van der Waals surface area contributed by atoms with Gasteiger partial charge in [0.05, 0.1) is 11.7 Å². The van der Waals surface area contributed by atoms with Gasteiger partial charge in [-0.1, -0.05) is 0 Å². The molecule has 0 radical (unpaired) electrons. The Balaban J connectivity index is 1.91. The Labute approximate surface area is 109 Å². The number of hydrogen-bond acceptors (Lipinski definition) is 4. The van der Waals surface area contributed by atoms with E-state index in [2.05, 4.69) is 20.4 Å². The SMILES string of the molecule is CC(NCc1ccc(C(F)F)cn1)c1ncn(C)n1. The minimum absolute atomic E-state index is 0.0298. The first-order valence-electron chi connectivity index (χ1n) is 5.88. The molecular weight excluding hydrogens is 252 g/mol. The van der Waals surface area contributed by atoms with Gasteiger partial charge in [0, 0.05) is 25.4 Å². The summed E-state index contributed by atoms with van der Waals surface area (Å²) in [5.74, 6) is 0.687. The van der Waals surface area contributed by atoms with Crippen molar-refractivity contribution in [3.05, 3.63) is 41.7 Å². The number of nitrogens with one attached hydrogen (secondary N) is 1. The highest BCUT2D eigenvalue weighted by Crippen LogP contribution is 2.17. The van der Waals surface area contributed by atoms with Crippen molar-refractivity contribution in [3.63, 3.8) is 0 Å². The van der Waals surface area contributed by atoms with Crippen LogP contribution in [0.3, 0.4) is 0 Å². The van der Waals surface area contributed by atoms with Crippen LogP contribution in [-0.2, 0) is 13.6 Å². The van der Waals surface area contributed by atoms with Crippen molar-refractivity contribution < 1.29 is 8.78 Å². The summed E-state index contributed by atoms with van der Waals surface area (Å²) in [7, 11) is 1.80. The molecule has 0 aromatic carbocycles. The average Bonchev–Trinajstić information content (AvgIpc) is 2.83. The molecular formula is C12H15F2N5. The highest BCUT2D eigenvalue weighted by atomic mass is 19.3. The molecule has 0 saturated heterocycles. The first-order chi connectivity index (χ1) is 9.06. The minimum Gasteiger partial charge on any atom is -0.302 e. The maximum absolute atomic E-state index is 12.4. The van der Waals surface area contributed by atoms with Gasteiger partial charge in [-0.3, -0.25) is 9.67 Å². The van der Waals surface area contributed by atoms with E-state index in [-0.39, 0.29) is 11.6 Å². The van der Waals surface area contributed by atoms with E-state index >= 15 is 0 Å². The zero-order valence-corrected chi connectivity index (χ0v) is 10.7. The molecule has 2 heterocycles. The third kappa shape index (κ3) is 3.54. The lowest BCUT2D eigenvalue weighted by Gasteiger charge is -2.10. The molecule has 2 aromatic heterocycles. The summed E-state index contributed by atoms with van der Waals surface area (Å²) < 4.78 is 26.4. The van der Waals surface area contributed by atoms with E-state index in [1.807, 2.05) is 6.92 Å². The second-order valence-electron chi connectivity index (χ2n) is 4.26. The van der Waals surface area contributed by atoms with Crippen LogP contribution in [0.5, 0.6) is 0 Å². The fourth-order valence-corrected chi connectivity index (χ4v) is 1.57. The van der Waals surface area contributed by atoms with Crippen LogP contribution in [0.1, 0.15) is 36.5 Å². The lowest BCUT2D eigenvalue weighted by atomic mass is 10.2. The number of nitrogens with zero attached hydrogens (tertiary/aromatic N) is 4. The highest BCUT2D eigenvalue weighted by molar-refractivity contribution is 5.15. The van der Waals surface area contributed by atoms with Crippen molar-refractivity contribution >= 4 is 0 Å². The number of halogens is 2.